The highest BCUT2D eigenvalue weighted by Gasteiger charge is 2.12. The first-order valence-corrected chi connectivity index (χ1v) is 8.28. The number of hydrogen-bond acceptors (Lipinski definition) is 4. The van der Waals surface area contributed by atoms with Crippen molar-refractivity contribution in [2.75, 3.05) is 5.32 Å². The third kappa shape index (κ3) is 4.12. The molecule has 3 aromatic rings. The lowest BCUT2D eigenvalue weighted by Crippen LogP contribution is -2.12. The van der Waals surface area contributed by atoms with Gasteiger partial charge in [0.05, 0.1) is 0 Å². The molecular formula is C20H21N3O2. The van der Waals surface area contributed by atoms with Crippen molar-refractivity contribution in [3.05, 3.63) is 65.0 Å². The molecule has 25 heavy (non-hydrogen) atoms. The quantitative estimate of drug-likeness (QED) is 0.757. The summed E-state index contributed by atoms with van der Waals surface area (Å²) < 4.78 is 5.68. The maximum absolute atomic E-state index is 12.1. The van der Waals surface area contributed by atoms with Crippen molar-refractivity contribution < 1.29 is 9.21 Å². The molecule has 3 rings (SSSR count). The average Bonchev–Trinajstić information content (AvgIpc) is 3.05. The third-order valence-electron chi connectivity index (χ3n) is 4.20. The smallest absolute Gasteiger partial charge is 0.247 e. The Morgan fingerprint density at radius 1 is 1.00 bits per heavy atom. The van der Waals surface area contributed by atoms with Crippen molar-refractivity contribution in [3.8, 4) is 11.5 Å². The molecule has 1 heterocycles. The molecule has 5 nitrogen and oxygen atoms in total. The first kappa shape index (κ1) is 16.9. The summed E-state index contributed by atoms with van der Waals surface area (Å²) in [5.41, 5.74) is 5.15. The van der Waals surface area contributed by atoms with Gasteiger partial charge in [-0.1, -0.05) is 24.3 Å². The summed E-state index contributed by atoms with van der Waals surface area (Å²) in [6.07, 6.45) is 0.706. The van der Waals surface area contributed by atoms with E-state index in [1.165, 1.54) is 5.56 Å². The van der Waals surface area contributed by atoms with Gasteiger partial charge in [-0.15, -0.1) is 10.2 Å². The summed E-state index contributed by atoms with van der Waals surface area (Å²) >= 11 is 0. The van der Waals surface area contributed by atoms with Crippen LogP contribution in [0.25, 0.3) is 11.5 Å². The average molecular weight is 335 g/mol. The van der Waals surface area contributed by atoms with Crippen LogP contribution in [0.5, 0.6) is 0 Å². The van der Waals surface area contributed by atoms with Crippen LogP contribution in [-0.4, -0.2) is 16.1 Å². The van der Waals surface area contributed by atoms with Crippen LogP contribution < -0.4 is 5.32 Å². The topological polar surface area (TPSA) is 68.0 Å². The van der Waals surface area contributed by atoms with E-state index in [1.807, 2.05) is 63.2 Å². The van der Waals surface area contributed by atoms with Gasteiger partial charge in [0.1, 0.15) is 0 Å². The number of aryl methyl sites for hydroxylation is 4. The lowest BCUT2D eigenvalue weighted by Gasteiger charge is -2.07. The number of rotatable bonds is 5. The number of nitrogens with zero attached hydrogens (tertiary/aromatic N) is 2. The van der Waals surface area contributed by atoms with Crippen molar-refractivity contribution in [2.45, 2.75) is 33.6 Å². The molecule has 0 radical (unpaired) electrons. The second kappa shape index (κ2) is 7.30. The maximum Gasteiger partial charge on any atom is 0.247 e. The molecule has 0 bridgehead atoms. The number of carbonyl (C=O) groups is 1. The third-order valence-corrected chi connectivity index (χ3v) is 4.20. The van der Waals surface area contributed by atoms with E-state index in [1.54, 1.807) is 0 Å². The number of nitrogens with one attached hydrogen (secondary N) is 1. The van der Waals surface area contributed by atoms with Crippen LogP contribution in [0.15, 0.2) is 46.9 Å². The summed E-state index contributed by atoms with van der Waals surface area (Å²) in [7, 11) is 0. The summed E-state index contributed by atoms with van der Waals surface area (Å²) in [6, 6.07) is 13.7. The van der Waals surface area contributed by atoms with E-state index >= 15 is 0 Å². The Kier molecular flexibility index (Phi) is 4.93. The Hall–Kier alpha value is -2.95. The zero-order chi connectivity index (χ0) is 17.8. The first-order chi connectivity index (χ1) is 12.0. The predicted molar refractivity (Wildman–Crippen MR) is 97.3 cm³/mol. The molecule has 0 aliphatic heterocycles. The summed E-state index contributed by atoms with van der Waals surface area (Å²) in [4.78, 5) is 12.1. The number of benzene rings is 2. The van der Waals surface area contributed by atoms with Gasteiger partial charge in [0, 0.05) is 24.1 Å². The predicted octanol–water partition coefficient (Wildman–Crippen LogP) is 4.23. The summed E-state index contributed by atoms with van der Waals surface area (Å²) in [6.45, 7) is 6.06. The van der Waals surface area contributed by atoms with Gasteiger partial charge in [-0.2, -0.15) is 0 Å². The Bertz CT molecular complexity index is 899. The van der Waals surface area contributed by atoms with E-state index in [0.717, 1.165) is 22.4 Å². The van der Waals surface area contributed by atoms with Gasteiger partial charge in [0.2, 0.25) is 17.7 Å². The normalized spacial score (nSPS) is 10.7. The zero-order valence-corrected chi connectivity index (χ0v) is 14.7. The van der Waals surface area contributed by atoms with Gasteiger partial charge in [0.25, 0.3) is 0 Å². The first-order valence-electron chi connectivity index (χ1n) is 8.28. The fraction of sp³-hybridized carbons (Fsp3) is 0.250. The molecule has 1 amide bonds. The molecule has 0 atom stereocenters. The lowest BCUT2D eigenvalue weighted by atomic mass is 10.1. The number of anilines is 1. The molecule has 0 spiro atoms. The van der Waals surface area contributed by atoms with Crippen molar-refractivity contribution in [1.82, 2.24) is 10.2 Å². The van der Waals surface area contributed by atoms with Crippen LogP contribution in [0.2, 0.25) is 0 Å². The van der Waals surface area contributed by atoms with Gasteiger partial charge in [-0.05, 0) is 55.7 Å². The van der Waals surface area contributed by atoms with Gasteiger partial charge in [0.15, 0.2) is 0 Å². The minimum absolute atomic E-state index is 0.0705. The fourth-order valence-corrected chi connectivity index (χ4v) is 2.54. The zero-order valence-electron chi connectivity index (χ0n) is 14.7. The molecule has 0 aliphatic carbocycles. The molecule has 5 heteroatoms. The van der Waals surface area contributed by atoms with Crippen molar-refractivity contribution in [1.29, 1.82) is 0 Å². The Labute approximate surface area is 147 Å². The molecule has 128 valence electrons. The van der Waals surface area contributed by atoms with Gasteiger partial charge < -0.3 is 9.73 Å². The van der Waals surface area contributed by atoms with Crippen LogP contribution in [-0.2, 0) is 11.2 Å². The van der Waals surface area contributed by atoms with E-state index in [9.17, 15) is 4.79 Å². The van der Waals surface area contributed by atoms with Crippen molar-refractivity contribution in [2.24, 2.45) is 0 Å². The number of aromatic nitrogens is 2. The monoisotopic (exact) mass is 335 g/mol. The van der Waals surface area contributed by atoms with Crippen LogP contribution >= 0.6 is 0 Å². The van der Waals surface area contributed by atoms with Crippen LogP contribution in [0.3, 0.4) is 0 Å². The number of carbonyl (C=O) groups excluding carboxylic acids is 1. The van der Waals surface area contributed by atoms with E-state index in [-0.39, 0.29) is 5.91 Å². The van der Waals surface area contributed by atoms with Gasteiger partial charge in [-0.25, -0.2) is 0 Å². The molecule has 0 unspecified atom stereocenters. The molecule has 1 aromatic heterocycles. The molecule has 2 aromatic carbocycles. The highest BCUT2D eigenvalue weighted by atomic mass is 16.4. The Morgan fingerprint density at radius 3 is 2.56 bits per heavy atom. The lowest BCUT2D eigenvalue weighted by molar-refractivity contribution is -0.116. The standard InChI is InChI=1S/C20H21N3O2/c1-13-8-9-16(12-15(13)3)21-18(24)10-11-19-22-23-20(25-19)17-7-5-4-6-14(17)2/h4-9,12H,10-11H2,1-3H3,(H,21,24). The van der Waals surface area contributed by atoms with Crippen molar-refractivity contribution >= 4 is 11.6 Å². The second-order valence-corrected chi connectivity index (χ2v) is 6.16. The van der Waals surface area contributed by atoms with Gasteiger partial charge in [-0.3, -0.25) is 4.79 Å². The van der Waals surface area contributed by atoms with Gasteiger partial charge >= 0.3 is 0 Å². The van der Waals surface area contributed by atoms with E-state index in [2.05, 4.69) is 15.5 Å². The number of amides is 1. The highest BCUT2D eigenvalue weighted by Crippen LogP contribution is 2.22. The SMILES string of the molecule is Cc1ccc(NC(=O)CCc2nnc(-c3ccccc3C)o2)cc1C. The largest absolute Gasteiger partial charge is 0.421 e. The van der Waals surface area contributed by atoms with Crippen molar-refractivity contribution in [3.63, 3.8) is 0 Å². The molecule has 0 saturated carbocycles. The van der Waals surface area contributed by atoms with Crippen LogP contribution in [0.4, 0.5) is 5.69 Å². The molecule has 0 aliphatic rings. The molecular weight excluding hydrogens is 314 g/mol. The summed E-state index contributed by atoms with van der Waals surface area (Å²) in [5.74, 6) is 0.884. The maximum atomic E-state index is 12.1. The Balaban J connectivity index is 1.59. The summed E-state index contributed by atoms with van der Waals surface area (Å²) in [5, 5.41) is 11.0. The Morgan fingerprint density at radius 2 is 1.80 bits per heavy atom. The molecule has 0 fully saturated rings. The van der Waals surface area contributed by atoms with E-state index < -0.39 is 0 Å². The van der Waals surface area contributed by atoms with Crippen LogP contribution in [0, 0.1) is 20.8 Å². The minimum Gasteiger partial charge on any atom is -0.421 e. The number of hydrogen-bond donors (Lipinski definition) is 1. The minimum atomic E-state index is -0.0705. The fourth-order valence-electron chi connectivity index (χ4n) is 2.54. The molecule has 1 N–H and O–H groups in total. The van der Waals surface area contributed by atoms with Crippen LogP contribution in [0.1, 0.15) is 29.0 Å². The van der Waals surface area contributed by atoms with E-state index in [4.69, 9.17) is 4.42 Å². The highest BCUT2D eigenvalue weighted by molar-refractivity contribution is 5.90. The van der Waals surface area contributed by atoms with E-state index in [0.29, 0.717) is 24.6 Å². The molecule has 0 saturated heterocycles. The second-order valence-electron chi connectivity index (χ2n) is 6.16.